The van der Waals surface area contributed by atoms with Crippen LogP contribution in [0.4, 0.5) is 13.2 Å². The average Bonchev–Trinajstić information content (AvgIpc) is 3.13. The van der Waals surface area contributed by atoms with Crippen LogP contribution in [0.2, 0.25) is 0 Å². The lowest BCUT2D eigenvalue weighted by Gasteiger charge is -2.06. The Morgan fingerprint density at radius 3 is 2.53 bits per heavy atom. The molecule has 2 aromatic carbocycles. The molecule has 0 aliphatic carbocycles. The van der Waals surface area contributed by atoms with Gasteiger partial charge in [-0.25, -0.2) is 9.78 Å². The molecular weight excluding hydrogens is 423 g/mol. The molecule has 3 rings (SSSR count). The molecule has 5 nitrogen and oxygen atoms in total. The SMILES string of the molecule is CCOC(=O)/C(C)=C/c1cccc(OCc2nc(-c3ccc(C(F)(F)F)cc3)oc2C)c1. The zero-order valence-corrected chi connectivity index (χ0v) is 17.8. The normalized spacial score (nSPS) is 12.0. The van der Waals surface area contributed by atoms with Gasteiger partial charge in [0.25, 0.3) is 0 Å². The molecule has 1 aromatic heterocycles. The number of carbonyl (C=O) groups excluding carboxylic acids is 1. The van der Waals surface area contributed by atoms with Crippen molar-refractivity contribution in [1.29, 1.82) is 0 Å². The van der Waals surface area contributed by atoms with Crippen LogP contribution in [0.25, 0.3) is 17.5 Å². The Bertz CT molecular complexity index is 1120. The van der Waals surface area contributed by atoms with Crippen LogP contribution in [0.15, 0.2) is 58.5 Å². The Hall–Kier alpha value is -3.55. The molecule has 0 amide bonds. The summed E-state index contributed by atoms with van der Waals surface area (Å²) in [5, 5.41) is 0. The van der Waals surface area contributed by atoms with Gasteiger partial charge in [-0.3, -0.25) is 0 Å². The standard InChI is InChI=1S/C24H22F3NO4/c1-4-30-23(29)15(2)12-17-6-5-7-20(13-17)31-14-21-16(3)32-22(28-21)18-8-10-19(11-9-18)24(25,26)27/h5-13H,4,14H2,1-3H3/b15-12+. The van der Waals surface area contributed by atoms with Gasteiger partial charge >= 0.3 is 12.1 Å². The van der Waals surface area contributed by atoms with Crippen LogP contribution in [0.1, 0.15) is 36.4 Å². The highest BCUT2D eigenvalue weighted by molar-refractivity contribution is 5.93. The lowest BCUT2D eigenvalue weighted by atomic mass is 10.1. The van der Waals surface area contributed by atoms with E-state index in [1.807, 2.05) is 6.07 Å². The number of esters is 1. The second-order valence-corrected chi connectivity index (χ2v) is 7.01. The molecule has 0 N–H and O–H groups in total. The first-order chi connectivity index (χ1) is 15.2. The summed E-state index contributed by atoms with van der Waals surface area (Å²) in [6, 6.07) is 11.8. The zero-order valence-electron chi connectivity index (χ0n) is 17.8. The molecule has 0 fully saturated rings. The van der Waals surface area contributed by atoms with Gasteiger partial charge < -0.3 is 13.9 Å². The third-order valence-corrected chi connectivity index (χ3v) is 4.57. The van der Waals surface area contributed by atoms with Crippen LogP contribution in [-0.2, 0) is 22.3 Å². The topological polar surface area (TPSA) is 61.6 Å². The maximum absolute atomic E-state index is 12.7. The molecule has 1 heterocycles. The first-order valence-electron chi connectivity index (χ1n) is 9.89. The van der Waals surface area contributed by atoms with Gasteiger partial charge in [-0.1, -0.05) is 12.1 Å². The minimum absolute atomic E-state index is 0.111. The summed E-state index contributed by atoms with van der Waals surface area (Å²) in [6.07, 6.45) is -2.70. The van der Waals surface area contributed by atoms with Crippen molar-refractivity contribution >= 4 is 12.0 Å². The van der Waals surface area contributed by atoms with E-state index in [9.17, 15) is 18.0 Å². The first-order valence-corrected chi connectivity index (χ1v) is 9.89. The van der Waals surface area contributed by atoms with E-state index in [-0.39, 0.29) is 18.5 Å². The summed E-state index contributed by atoms with van der Waals surface area (Å²) in [6.45, 7) is 5.54. The molecule has 0 spiro atoms. The number of carbonyl (C=O) groups is 1. The van der Waals surface area contributed by atoms with Crippen molar-refractivity contribution < 1.29 is 31.9 Å². The molecule has 0 saturated heterocycles. The maximum atomic E-state index is 12.7. The zero-order chi connectivity index (χ0) is 23.3. The fourth-order valence-electron chi connectivity index (χ4n) is 2.89. The molecule has 32 heavy (non-hydrogen) atoms. The molecule has 0 bridgehead atoms. The molecule has 0 aliphatic rings. The van der Waals surface area contributed by atoms with Gasteiger partial charge in [0.1, 0.15) is 23.8 Å². The van der Waals surface area contributed by atoms with Crippen LogP contribution in [0.3, 0.4) is 0 Å². The third-order valence-electron chi connectivity index (χ3n) is 4.57. The molecule has 0 atom stereocenters. The molecule has 3 aromatic rings. The molecule has 0 unspecified atom stereocenters. The smallest absolute Gasteiger partial charge is 0.416 e. The highest BCUT2D eigenvalue weighted by atomic mass is 19.4. The van der Waals surface area contributed by atoms with Crippen molar-refractivity contribution in [3.05, 3.63) is 76.7 Å². The van der Waals surface area contributed by atoms with E-state index < -0.39 is 11.7 Å². The van der Waals surface area contributed by atoms with Crippen LogP contribution in [-0.4, -0.2) is 17.6 Å². The summed E-state index contributed by atoms with van der Waals surface area (Å²) in [5.41, 5.74) is 1.48. The first kappa shape index (κ1) is 23.1. The summed E-state index contributed by atoms with van der Waals surface area (Å²) >= 11 is 0. The summed E-state index contributed by atoms with van der Waals surface area (Å²) < 4.78 is 54.6. The molecular formula is C24H22F3NO4. The van der Waals surface area contributed by atoms with Gasteiger partial charge in [-0.2, -0.15) is 13.2 Å². The van der Waals surface area contributed by atoms with Crippen molar-refractivity contribution in [2.24, 2.45) is 0 Å². The van der Waals surface area contributed by atoms with E-state index in [4.69, 9.17) is 13.9 Å². The number of hydrogen-bond donors (Lipinski definition) is 0. The number of aromatic nitrogens is 1. The van der Waals surface area contributed by atoms with Crippen molar-refractivity contribution in [2.75, 3.05) is 6.61 Å². The number of halogens is 3. The quantitative estimate of drug-likeness (QED) is 0.319. The summed E-state index contributed by atoms with van der Waals surface area (Å²) in [7, 11) is 0. The monoisotopic (exact) mass is 445 g/mol. The van der Waals surface area contributed by atoms with Crippen LogP contribution in [0, 0.1) is 6.92 Å². The highest BCUT2D eigenvalue weighted by Gasteiger charge is 2.30. The minimum Gasteiger partial charge on any atom is -0.487 e. The number of benzene rings is 2. The van der Waals surface area contributed by atoms with E-state index >= 15 is 0 Å². The Kier molecular flexibility index (Phi) is 7.02. The van der Waals surface area contributed by atoms with Crippen LogP contribution in [0.5, 0.6) is 5.75 Å². The number of ether oxygens (including phenoxy) is 2. The van der Waals surface area contributed by atoms with E-state index in [0.29, 0.717) is 34.9 Å². The highest BCUT2D eigenvalue weighted by Crippen LogP contribution is 2.31. The molecule has 168 valence electrons. The van der Waals surface area contributed by atoms with Crippen LogP contribution < -0.4 is 4.74 Å². The number of hydrogen-bond acceptors (Lipinski definition) is 5. The fourth-order valence-corrected chi connectivity index (χ4v) is 2.89. The van der Waals surface area contributed by atoms with Crippen LogP contribution >= 0.6 is 0 Å². The van der Waals surface area contributed by atoms with E-state index in [1.165, 1.54) is 12.1 Å². The number of oxazole rings is 1. The van der Waals surface area contributed by atoms with E-state index in [2.05, 4.69) is 4.98 Å². The van der Waals surface area contributed by atoms with Gasteiger partial charge in [0, 0.05) is 11.1 Å². The molecule has 8 heteroatoms. The largest absolute Gasteiger partial charge is 0.487 e. The minimum atomic E-state index is -4.40. The Morgan fingerprint density at radius 2 is 1.88 bits per heavy atom. The number of nitrogens with zero attached hydrogens (tertiary/aromatic N) is 1. The second-order valence-electron chi connectivity index (χ2n) is 7.01. The second kappa shape index (κ2) is 9.72. The average molecular weight is 445 g/mol. The Labute approximate surface area is 183 Å². The lowest BCUT2D eigenvalue weighted by Crippen LogP contribution is -2.04. The molecule has 0 radical (unpaired) electrons. The number of rotatable bonds is 7. The maximum Gasteiger partial charge on any atom is 0.416 e. The fraction of sp³-hybridized carbons (Fsp3) is 0.250. The Balaban J connectivity index is 1.70. The Morgan fingerprint density at radius 1 is 1.16 bits per heavy atom. The van der Waals surface area contributed by atoms with Gasteiger partial charge in [-0.15, -0.1) is 0 Å². The summed E-state index contributed by atoms with van der Waals surface area (Å²) in [4.78, 5) is 16.1. The van der Waals surface area contributed by atoms with E-state index in [0.717, 1.165) is 17.7 Å². The van der Waals surface area contributed by atoms with Crippen molar-refractivity contribution in [3.63, 3.8) is 0 Å². The van der Waals surface area contributed by atoms with Gasteiger partial charge in [0.2, 0.25) is 5.89 Å². The van der Waals surface area contributed by atoms with E-state index in [1.54, 1.807) is 45.0 Å². The van der Waals surface area contributed by atoms with Crippen molar-refractivity contribution in [2.45, 2.75) is 33.6 Å². The van der Waals surface area contributed by atoms with Gasteiger partial charge in [0.05, 0.1) is 12.2 Å². The summed E-state index contributed by atoms with van der Waals surface area (Å²) in [5.74, 6) is 0.910. The van der Waals surface area contributed by atoms with Crippen molar-refractivity contribution in [1.82, 2.24) is 4.98 Å². The van der Waals surface area contributed by atoms with Gasteiger partial charge in [0.15, 0.2) is 0 Å². The van der Waals surface area contributed by atoms with Gasteiger partial charge in [-0.05, 0) is 68.8 Å². The number of alkyl halides is 3. The predicted octanol–water partition coefficient (Wildman–Crippen LogP) is 6.21. The predicted molar refractivity (Wildman–Crippen MR) is 113 cm³/mol. The molecule has 0 aliphatic heterocycles. The number of aryl methyl sites for hydroxylation is 1. The lowest BCUT2D eigenvalue weighted by molar-refractivity contribution is -0.138. The third kappa shape index (κ3) is 5.78. The van der Waals surface area contributed by atoms with Crippen molar-refractivity contribution in [3.8, 4) is 17.2 Å². The molecule has 0 saturated carbocycles.